The molecule has 148 valence electrons. The summed E-state index contributed by atoms with van der Waals surface area (Å²) in [7, 11) is 0. The summed E-state index contributed by atoms with van der Waals surface area (Å²) >= 11 is 0. The molecule has 0 spiro atoms. The SMILES string of the molecule is O=c1[nH]c2cnc3ccc(-c4ccccc4)cc3c2n1-c1cccc(C(F)(F)F)c1. The Morgan fingerprint density at radius 3 is 2.43 bits per heavy atom. The zero-order valence-corrected chi connectivity index (χ0v) is 15.4. The molecule has 0 atom stereocenters. The molecule has 0 amide bonds. The minimum Gasteiger partial charge on any atom is -0.304 e. The summed E-state index contributed by atoms with van der Waals surface area (Å²) < 4.78 is 40.9. The Labute approximate surface area is 168 Å². The highest BCUT2D eigenvalue weighted by atomic mass is 19.4. The second-order valence-corrected chi connectivity index (χ2v) is 6.93. The highest BCUT2D eigenvalue weighted by Gasteiger charge is 2.30. The van der Waals surface area contributed by atoms with Crippen LogP contribution in [-0.4, -0.2) is 14.5 Å². The number of nitrogens with zero attached hydrogens (tertiary/aromatic N) is 2. The highest BCUT2D eigenvalue weighted by molar-refractivity contribution is 6.04. The summed E-state index contributed by atoms with van der Waals surface area (Å²) in [5, 5.41) is 0.671. The maximum atomic E-state index is 13.2. The van der Waals surface area contributed by atoms with Gasteiger partial charge in [-0.05, 0) is 41.5 Å². The number of alkyl halides is 3. The molecule has 30 heavy (non-hydrogen) atoms. The summed E-state index contributed by atoms with van der Waals surface area (Å²) in [6, 6.07) is 20.1. The van der Waals surface area contributed by atoms with E-state index in [0.29, 0.717) is 21.9 Å². The second-order valence-electron chi connectivity index (χ2n) is 6.93. The van der Waals surface area contributed by atoms with E-state index in [0.717, 1.165) is 23.3 Å². The lowest BCUT2D eigenvalue weighted by atomic mass is 10.0. The van der Waals surface area contributed by atoms with Crippen molar-refractivity contribution in [3.63, 3.8) is 0 Å². The van der Waals surface area contributed by atoms with Crippen LogP contribution >= 0.6 is 0 Å². The Bertz CT molecular complexity index is 1450. The average molecular weight is 405 g/mol. The first-order valence-electron chi connectivity index (χ1n) is 9.18. The zero-order chi connectivity index (χ0) is 20.9. The fraction of sp³-hybridized carbons (Fsp3) is 0.0435. The quantitative estimate of drug-likeness (QED) is 0.418. The van der Waals surface area contributed by atoms with Gasteiger partial charge in [0.2, 0.25) is 0 Å². The van der Waals surface area contributed by atoms with Crippen molar-refractivity contribution in [3.8, 4) is 16.8 Å². The van der Waals surface area contributed by atoms with E-state index in [9.17, 15) is 18.0 Å². The summed E-state index contributed by atoms with van der Waals surface area (Å²) in [5.74, 6) is 0. The summed E-state index contributed by atoms with van der Waals surface area (Å²) in [6.45, 7) is 0. The molecule has 2 aromatic heterocycles. The summed E-state index contributed by atoms with van der Waals surface area (Å²) in [4.78, 5) is 19.8. The normalized spacial score (nSPS) is 12.0. The Hall–Kier alpha value is -3.87. The Morgan fingerprint density at radius 2 is 1.67 bits per heavy atom. The predicted molar refractivity (Wildman–Crippen MR) is 110 cm³/mol. The number of rotatable bonds is 2. The summed E-state index contributed by atoms with van der Waals surface area (Å²) in [5.41, 5.74) is 2.28. The van der Waals surface area contributed by atoms with Crippen LogP contribution in [0.2, 0.25) is 0 Å². The lowest BCUT2D eigenvalue weighted by Crippen LogP contribution is -2.15. The Balaban J connectivity index is 1.82. The van der Waals surface area contributed by atoms with Crippen molar-refractivity contribution in [2.75, 3.05) is 0 Å². The maximum absolute atomic E-state index is 13.2. The smallest absolute Gasteiger partial charge is 0.304 e. The number of H-pyrrole nitrogens is 1. The van der Waals surface area contributed by atoms with E-state index in [2.05, 4.69) is 9.97 Å². The predicted octanol–water partition coefficient (Wildman–Crippen LogP) is 5.55. The van der Waals surface area contributed by atoms with Crippen molar-refractivity contribution in [2.45, 2.75) is 6.18 Å². The van der Waals surface area contributed by atoms with E-state index < -0.39 is 17.4 Å². The van der Waals surface area contributed by atoms with Crippen LogP contribution in [0.1, 0.15) is 5.56 Å². The van der Waals surface area contributed by atoms with Crippen molar-refractivity contribution < 1.29 is 13.2 Å². The molecular weight excluding hydrogens is 391 g/mol. The maximum Gasteiger partial charge on any atom is 0.416 e. The molecule has 0 aliphatic rings. The van der Waals surface area contributed by atoms with Gasteiger partial charge in [0.1, 0.15) is 0 Å². The summed E-state index contributed by atoms with van der Waals surface area (Å²) in [6.07, 6.45) is -2.98. The monoisotopic (exact) mass is 405 g/mol. The lowest BCUT2D eigenvalue weighted by Gasteiger charge is -2.11. The fourth-order valence-electron chi connectivity index (χ4n) is 3.66. The molecule has 0 aliphatic carbocycles. The van der Waals surface area contributed by atoms with Gasteiger partial charge in [-0.2, -0.15) is 13.2 Å². The highest BCUT2D eigenvalue weighted by Crippen LogP contribution is 2.32. The van der Waals surface area contributed by atoms with Crippen molar-refractivity contribution in [1.82, 2.24) is 14.5 Å². The number of hydrogen-bond acceptors (Lipinski definition) is 2. The molecular formula is C23H14F3N3O. The van der Waals surface area contributed by atoms with Gasteiger partial charge in [0.05, 0.1) is 34.0 Å². The first-order valence-corrected chi connectivity index (χ1v) is 9.18. The minimum absolute atomic E-state index is 0.138. The molecule has 5 aromatic rings. The first kappa shape index (κ1) is 18.2. The molecule has 0 fully saturated rings. The van der Waals surface area contributed by atoms with Crippen molar-refractivity contribution in [3.05, 3.63) is 95.0 Å². The van der Waals surface area contributed by atoms with E-state index >= 15 is 0 Å². The van der Waals surface area contributed by atoms with Gasteiger partial charge in [0.25, 0.3) is 0 Å². The van der Waals surface area contributed by atoms with E-state index in [1.807, 2.05) is 48.5 Å². The largest absolute Gasteiger partial charge is 0.416 e. The number of pyridine rings is 1. The van der Waals surface area contributed by atoms with Crippen LogP contribution in [0.4, 0.5) is 13.2 Å². The average Bonchev–Trinajstić information content (AvgIpc) is 3.10. The molecule has 3 aromatic carbocycles. The van der Waals surface area contributed by atoms with Gasteiger partial charge in [-0.25, -0.2) is 4.79 Å². The van der Waals surface area contributed by atoms with Crippen LogP contribution in [-0.2, 0) is 6.18 Å². The first-order chi connectivity index (χ1) is 14.4. The molecule has 0 unspecified atom stereocenters. The number of aromatic nitrogens is 3. The van der Waals surface area contributed by atoms with Gasteiger partial charge in [-0.1, -0.05) is 42.5 Å². The number of imidazole rings is 1. The molecule has 7 heteroatoms. The van der Waals surface area contributed by atoms with Gasteiger partial charge >= 0.3 is 11.9 Å². The van der Waals surface area contributed by atoms with Gasteiger partial charge < -0.3 is 4.98 Å². The zero-order valence-electron chi connectivity index (χ0n) is 15.4. The van der Waals surface area contributed by atoms with E-state index in [-0.39, 0.29) is 5.69 Å². The van der Waals surface area contributed by atoms with E-state index in [4.69, 9.17) is 0 Å². The number of benzene rings is 3. The fourth-order valence-corrected chi connectivity index (χ4v) is 3.66. The second kappa shape index (κ2) is 6.59. The lowest BCUT2D eigenvalue weighted by molar-refractivity contribution is -0.137. The Morgan fingerprint density at radius 1 is 0.867 bits per heavy atom. The third kappa shape index (κ3) is 2.95. The minimum atomic E-state index is -4.50. The number of aromatic amines is 1. The topological polar surface area (TPSA) is 50.7 Å². The van der Waals surface area contributed by atoms with Crippen LogP contribution in [0.5, 0.6) is 0 Å². The molecule has 4 nitrogen and oxygen atoms in total. The molecule has 0 bridgehead atoms. The van der Waals surface area contributed by atoms with Crippen LogP contribution < -0.4 is 5.69 Å². The van der Waals surface area contributed by atoms with Gasteiger partial charge in [-0.3, -0.25) is 9.55 Å². The molecule has 2 heterocycles. The molecule has 0 radical (unpaired) electrons. The third-order valence-electron chi connectivity index (χ3n) is 5.05. The number of hydrogen-bond donors (Lipinski definition) is 1. The molecule has 0 saturated carbocycles. The van der Waals surface area contributed by atoms with Crippen molar-refractivity contribution >= 4 is 21.9 Å². The van der Waals surface area contributed by atoms with E-state index in [1.54, 1.807) is 0 Å². The molecule has 0 saturated heterocycles. The third-order valence-corrected chi connectivity index (χ3v) is 5.05. The Kier molecular flexibility index (Phi) is 3.99. The molecule has 5 rings (SSSR count). The standard InChI is InChI=1S/C23H14F3N3O/c24-23(25,26)16-7-4-8-17(12-16)29-21-18-11-15(14-5-2-1-3-6-14)9-10-19(18)27-13-20(21)28-22(29)30/h1-13H,(H,28,30). The number of nitrogens with one attached hydrogen (secondary N) is 1. The van der Waals surface area contributed by atoms with Crippen molar-refractivity contribution in [1.29, 1.82) is 0 Å². The van der Waals surface area contributed by atoms with E-state index in [1.165, 1.54) is 22.9 Å². The van der Waals surface area contributed by atoms with Crippen LogP contribution in [0.15, 0.2) is 83.8 Å². The van der Waals surface area contributed by atoms with Gasteiger partial charge in [0.15, 0.2) is 0 Å². The number of fused-ring (bicyclic) bond motifs is 3. The van der Waals surface area contributed by atoms with Crippen LogP contribution in [0.25, 0.3) is 38.8 Å². The van der Waals surface area contributed by atoms with Gasteiger partial charge in [0, 0.05) is 5.39 Å². The van der Waals surface area contributed by atoms with Gasteiger partial charge in [-0.15, -0.1) is 0 Å². The molecule has 1 N–H and O–H groups in total. The van der Waals surface area contributed by atoms with Crippen molar-refractivity contribution in [2.24, 2.45) is 0 Å². The van der Waals surface area contributed by atoms with Crippen LogP contribution in [0.3, 0.4) is 0 Å². The number of halogens is 3. The molecule has 0 aliphatic heterocycles. The van der Waals surface area contributed by atoms with Crippen LogP contribution in [0, 0.1) is 0 Å².